The van der Waals surface area contributed by atoms with Crippen LogP contribution in [0, 0.1) is 0 Å². The molecule has 0 aliphatic carbocycles. The average Bonchev–Trinajstić information content (AvgIpc) is 3.52. The first-order valence-corrected chi connectivity index (χ1v) is 19.0. The van der Waals surface area contributed by atoms with Crippen molar-refractivity contribution in [1.82, 2.24) is 15.1 Å². The van der Waals surface area contributed by atoms with Gasteiger partial charge in [-0.25, -0.2) is 8.78 Å². The molecule has 4 aromatic rings. The van der Waals surface area contributed by atoms with Crippen molar-refractivity contribution in [3.8, 4) is 11.5 Å². The van der Waals surface area contributed by atoms with E-state index in [1.807, 2.05) is 60.7 Å². The number of ether oxygens (including phenoxy) is 1. The lowest BCUT2D eigenvalue weighted by Crippen LogP contribution is -2.52. The number of phenolic OH excluding ortho intramolecular Hbond substituents is 1. The van der Waals surface area contributed by atoms with E-state index in [0.717, 1.165) is 71.7 Å². The molecule has 7 rings (SSSR count). The van der Waals surface area contributed by atoms with Gasteiger partial charge in [-0.15, -0.1) is 0 Å². The number of alkyl halides is 2. The number of carbonyl (C=O) groups excluding carboxylic acids is 3. The summed E-state index contributed by atoms with van der Waals surface area (Å²) in [6.45, 7) is 5.21. The Hall–Kier alpha value is -5.55. The molecule has 1 atom stereocenters. The van der Waals surface area contributed by atoms with Crippen molar-refractivity contribution in [2.45, 2.75) is 57.5 Å². The predicted molar refractivity (Wildman–Crippen MR) is 208 cm³/mol. The molecule has 0 bridgehead atoms. The van der Waals surface area contributed by atoms with E-state index < -0.39 is 24.5 Å². The van der Waals surface area contributed by atoms with Gasteiger partial charge in [0.25, 0.3) is 11.8 Å². The van der Waals surface area contributed by atoms with Gasteiger partial charge in [0.05, 0.1) is 0 Å². The van der Waals surface area contributed by atoms with Gasteiger partial charge in [0.15, 0.2) is 6.61 Å². The number of anilines is 1. The van der Waals surface area contributed by atoms with E-state index in [9.17, 15) is 19.5 Å². The molecule has 0 spiro atoms. The lowest BCUT2D eigenvalue weighted by molar-refractivity contribution is -0.136. The number of nitrogens with zero attached hydrogens (tertiary/aromatic N) is 3. The number of aromatic hydroxyl groups is 1. The number of benzene rings is 4. The van der Waals surface area contributed by atoms with Gasteiger partial charge in [-0.3, -0.25) is 24.6 Å². The molecule has 3 aliphatic rings. The summed E-state index contributed by atoms with van der Waals surface area (Å²) in [4.78, 5) is 43.0. The molecule has 3 amide bonds. The fourth-order valence-electron chi connectivity index (χ4n) is 7.84. The maximum Gasteiger partial charge on any atom is 0.281 e. The van der Waals surface area contributed by atoms with E-state index in [4.69, 9.17) is 4.74 Å². The zero-order chi connectivity index (χ0) is 38.5. The highest BCUT2D eigenvalue weighted by Crippen LogP contribution is 2.36. The van der Waals surface area contributed by atoms with Crippen molar-refractivity contribution in [3.63, 3.8) is 0 Å². The van der Waals surface area contributed by atoms with Crippen molar-refractivity contribution < 1.29 is 33.0 Å². The molecule has 11 heteroatoms. The molecule has 2 saturated heterocycles. The number of fused-ring (bicyclic) bond motifs is 1. The molecule has 3 aliphatic heterocycles. The van der Waals surface area contributed by atoms with Gasteiger partial charge in [0.2, 0.25) is 11.8 Å². The highest BCUT2D eigenvalue weighted by molar-refractivity contribution is 6.05. The summed E-state index contributed by atoms with van der Waals surface area (Å²) in [5.41, 5.74) is 7.53. The molecule has 2 N–H and O–H groups in total. The monoisotopic (exact) mass is 748 g/mol. The number of hydrogen-bond donors (Lipinski definition) is 2. The van der Waals surface area contributed by atoms with Crippen LogP contribution in [0.25, 0.3) is 11.1 Å². The molecular weight excluding hydrogens is 703 g/mol. The number of rotatable bonds is 13. The van der Waals surface area contributed by atoms with Gasteiger partial charge >= 0.3 is 0 Å². The Kier molecular flexibility index (Phi) is 11.3. The normalized spacial score (nSPS) is 18.2. The van der Waals surface area contributed by atoms with Gasteiger partial charge in [-0.2, -0.15) is 0 Å². The summed E-state index contributed by atoms with van der Waals surface area (Å²) >= 11 is 0. The first-order valence-electron chi connectivity index (χ1n) is 19.0. The first kappa shape index (κ1) is 37.8. The molecule has 55 heavy (non-hydrogen) atoms. The van der Waals surface area contributed by atoms with Crippen LogP contribution < -0.4 is 15.0 Å². The highest BCUT2D eigenvalue weighted by Gasteiger charge is 2.39. The third-order valence-corrected chi connectivity index (χ3v) is 10.8. The Labute approximate surface area is 320 Å². The van der Waals surface area contributed by atoms with Crippen LogP contribution in [0.1, 0.15) is 71.6 Å². The number of halogens is 2. The maximum atomic E-state index is 15.0. The Morgan fingerprint density at radius 3 is 2.24 bits per heavy atom. The van der Waals surface area contributed by atoms with E-state index in [-0.39, 0.29) is 30.4 Å². The maximum absolute atomic E-state index is 15.0. The summed E-state index contributed by atoms with van der Waals surface area (Å²) in [5, 5.41) is 12.2. The van der Waals surface area contributed by atoms with E-state index >= 15 is 8.78 Å². The molecule has 9 nitrogen and oxygen atoms in total. The van der Waals surface area contributed by atoms with Gasteiger partial charge < -0.3 is 19.6 Å². The van der Waals surface area contributed by atoms with Crippen molar-refractivity contribution >= 4 is 34.6 Å². The molecular formula is C44H46F2N4O5. The number of hydrogen-bond acceptors (Lipinski definition) is 7. The van der Waals surface area contributed by atoms with Gasteiger partial charge in [-0.05, 0) is 102 Å². The van der Waals surface area contributed by atoms with Crippen LogP contribution in [0.2, 0.25) is 0 Å². The Balaban J connectivity index is 0.889. The summed E-state index contributed by atoms with van der Waals surface area (Å²) in [5.74, 6) is -3.36. The molecule has 3 heterocycles. The van der Waals surface area contributed by atoms with E-state index in [1.54, 1.807) is 29.2 Å². The third kappa shape index (κ3) is 8.73. The van der Waals surface area contributed by atoms with Crippen LogP contribution in [0.3, 0.4) is 0 Å². The standard InChI is InChI=1S/C44H46F2N4O5/c1-2-37(30-7-4-3-5-8-30)41(31-9-14-35(51)15-10-31)32-11-16-36(17-12-32)55-29-44(45,46)21-6-22-48-23-25-49(26-24-48)34-13-18-38-33(27-34)28-50(43(38)54)39-19-20-40(52)47-42(39)53/h3-5,7-18,27,39,51H,2,6,19-26,28-29H2,1H3,(H,47,52,53). The average molecular weight is 749 g/mol. The summed E-state index contributed by atoms with van der Waals surface area (Å²) < 4.78 is 35.7. The molecule has 2 fully saturated rings. The van der Waals surface area contributed by atoms with Crippen LogP contribution in [0.5, 0.6) is 11.5 Å². The van der Waals surface area contributed by atoms with Gasteiger partial charge in [0.1, 0.15) is 17.5 Å². The minimum absolute atomic E-state index is 0.184. The fraction of sp³-hybridized carbons (Fsp3) is 0.341. The quantitative estimate of drug-likeness (QED) is 0.111. The predicted octanol–water partition coefficient (Wildman–Crippen LogP) is 7.14. The zero-order valence-electron chi connectivity index (χ0n) is 31.0. The van der Waals surface area contributed by atoms with E-state index in [2.05, 4.69) is 34.2 Å². The molecule has 286 valence electrons. The molecule has 0 aromatic heterocycles. The van der Waals surface area contributed by atoms with Crippen molar-refractivity contribution in [1.29, 1.82) is 0 Å². The first-order chi connectivity index (χ1) is 26.6. The Bertz CT molecular complexity index is 2040. The van der Waals surface area contributed by atoms with Crippen molar-refractivity contribution in [3.05, 3.63) is 125 Å². The number of allylic oxidation sites excluding steroid dienone is 1. The van der Waals surface area contributed by atoms with Crippen LogP contribution in [-0.2, 0) is 16.1 Å². The number of nitrogens with one attached hydrogen (secondary N) is 1. The van der Waals surface area contributed by atoms with Crippen LogP contribution >= 0.6 is 0 Å². The molecule has 1 unspecified atom stereocenters. The second kappa shape index (κ2) is 16.4. The number of amides is 3. The lowest BCUT2D eigenvalue weighted by atomic mass is 9.88. The van der Waals surface area contributed by atoms with Crippen LogP contribution in [-0.4, -0.2) is 83.9 Å². The van der Waals surface area contributed by atoms with Gasteiger partial charge in [0, 0.05) is 56.8 Å². The van der Waals surface area contributed by atoms with Gasteiger partial charge in [-0.1, -0.05) is 61.5 Å². The smallest absolute Gasteiger partial charge is 0.281 e. The summed E-state index contributed by atoms with van der Waals surface area (Å²) in [6.07, 6.45) is 1.37. The highest BCUT2D eigenvalue weighted by atomic mass is 19.3. The lowest BCUT2D eigenvalue weighted by Gasteiger charge is -2.36. The minimum atomic E-state index is -2.98. The fourth-order valence-corrected chi connectivity index (χ4v) is 7.84. The summed E-state index contributed by atoms with van der Waals surface area (Å²) in [6, 6.07) is 29.6. The van der Waals surface area contributed by atoms with Crippen LogP contribution in [0.4, 0.5) is 14.5 Å². The number of piperazine rings is 1. The second-order valence-corrected chi connectivity index (χ2v) is 14.5. The third-order valence-electron chi connectivity index (χ3n) is 10.8. The van der Waals surface area contributed by atoms with Crippen molar-refractivity contribution in [2.24, 2.45) is 0 Å². The number of phenols is 1. The molecule has 0 radical (unpaired) electrons. The zero-order valence-corrected chi connectivity index (χ0v) is 31.0. The van der Waals surface area contributed by atoms with E-state index in [1.165, 1.54) is 0 Å². The molecule has 0 saturated carbocycles. The minimum Gasteiger partial charge on any atom is -0.508 e. The SMILES string of the molecule is CCC(=C(c1ccc(O)cc1)c1ccc(OCC(F)(F)CCCN2CCN(c3ccc4c(c3)CN(C3CCC(=O)NC3=O)C4=O)CC2)cc1)c1ccccc1. The number of piperidine rings is 1. The molecule has 4 aromatic carbocycles. The van der Waals surface area contributed by atoms with E-state index in [0.29, 0.717) is 37.2 Å². The second-order valence-electron chi connectivity index (χ2n) is 14.5. The van der Waals surface area contributed by atoms with Crippen molar-refractivity contribution in [2.75, 3.05) is 44.2 Å². The Morgan fingerprint density at radius 2 is 1.56 bits per heavy atom. The van der Waals surface area contributed by atoms with Crippen LogP contribution in [0.15, 0.2) is 97.1 Å². The topological polar surface area (TPSA) is 102 Å². The summed E-state index contributed by atoms with van der Waals surface area (Å²) in [7, 11) is 0. The number of imide groups is 1. The largest absolute Gasteiger partial charge is 0.508 e. The number of carbonyl (C=O) groups is 3. The Morgan fingerprint density at radius 1 is 0.873 bits per heavy atom.